The monoisotopic (exact) mass is 174 g/mol. The number of rotatable bonds is 2. The van der Waals surface area contributed by atoms with Gasteiger partial charge in [0.1, 0.15) is 12.4 Å². The molecular weight excluding hydrogens is 164 g/mol. The maximum Gasteiger partial charge on any atom is 0.149 e. The van der Waals surface area contributed by atoms with Crippen LogP contribution in [0.5, 0.6) is 0 Å². The van der Waals surface area contributed by atoms with Gasteiger partial charge in [-0.15, -0.1) is 0 Å². The van der Waals surface area contributed by atoms with Gasteiger partial charge in [-0.25, -0.2) is 9.97 Å². The van der Waals surface area contributed by atoms with Crippen LogP contribution >= 0.6 is 0 Å². The van der Waals surface area contributed by atoms with Crippen LogP contribution in [0.1, 0.15) is 11.5 Å². The normalized spacial score (nSPS) is 10.2. The number of hydrogen-bond donors (Lipinski definition) is 0. The summed E-state index contributed by atoms with van der Waals surface area (Å²) in [5, 5.41) is 4.24. The summed E-state index contributed by atoms with van der Waals surface area (Å²) in [6.07, 6.45) is 5.39. The van der Waals surface area contributed by atoms with Crippen molar-refractivity contribution in [3.8, 4) is 0 Å². The molecular formula is C9H10N4. The van der Waals surface area contributed by atoms with Crippen LogP contribution in [0.3, 0.4) is 0 Å². The van der Waals surface area contributed by atoms with Gasteiger partial charge in [0.15, 0.2) is 0 Å². The average Bonchev–Trinajstić information content (AvgIpc) is 2.53. The zero-order valence-corrected chi connectivity index (χ0v) is 7.38. The number of nitrogens with zero attached hydrogens (tertiary/aromatic N) is 4. The van der Waals surface area contributed by atoms with Gasteiger partial charge in [0, 0.05) is 18.6 Å². The molecule has 0 amide bonds. The molecule has 13 heavy (non-hydrogen) atoms. The van der Waals surface area contributed by atoms with Crippen molar-refractivity contribution in [1.82, 2.24) is 19.7 Å². The third-order valence-electron chi connectivity index (χ3n) is 1.70. The molecule has 0 spiro atoms. The van der Waals surface area contributed by atoms with E-state index in [1.165, 1.54) is 0 Å². The maximum absolute atomic E-state index is 4.24. The molecule has 0 saturated heterocycles. The first-order valence-corrected chi connectivity index (χ1v) is 4.10. The number of aromatic nitrogens is 4. The lowest BCUT2D eigenvalue weighted by atomic mass is 10.5. The molecule has 0 bridgehead atoms. The van der Waals surface area contributed by atoms with E-state index in [9.17, 15) is 0 Å². The minimum absolute atomic E-state index is 0.634. The predicted octanol–water partition coefficient (Wildman–Crippen LogP) is 1.03. The van der Waals surface area contributed by atoms with Gasteiger partial charge in [0.2, 0.25) is 0 Å². The fraction of sp³-hybridized carbons (Fsp3) is 0.222. The fourth-order valence-corrected chi connectivity index (χ4v) is 1.11. The molecule has 2 heterocycles. The Kier molecular flexibility index (Phi) is 2.04. The van der Waals surface area contributed by atoms with E-state index in [2.05, 4.69) is 15.1 Å². The van der Waals surface area contributed by atoms with E-state index in [4.69, 9.17) is 0 Å². The second-order valence-electron chi connectivity index (χ2n) is 2.82. The van der Waals surface area contributed by atoms with Crippen molar-refractivity contribution in [2.24, 2.45) is 0 Å². The smallest absolute Gasteiger partial charge is 0.149 e. The summed E-state index contributed by atoms with van der Waals surface area (Å²) in [5.41, 5.74) is 1.01. The Labute approximate surface area is 76.3 Å². The minimum Gasteiger partial charge on any atom is -0.265 e. The molecule has 4 heteroatoms. The van der Waals surface area contributed by atoms with Gasteiger partial charge in [0.25, 0.3) is 0 Å². The summed E-state index contributed by atoms with van der Waals surface area (Å²) in [7, 11) is 0. The van der Waals surface area contributed by atoms with E-state index in [-0.39, 0.29) is 0 Å². The third-order valence-corrected chi connectivity index (χ3v) is 1.70. The zero-order chi connectivity index (χ0) is 9.10. The van der Waals surface area contributed by atoms with E-state index >= 15 is 0 Å². The van der Waals surface area contributed by atoms with E-state index in [0.29, 0.717) is 6.54 Å². The summed E-state index contributed by atoms with van der Waals surface area (Å²) in [6, 6.07) is 3.76. The Bertz CT molecular complexity index is 380. The highest BCUT2D eigenvalue weighted by molar-refractivity contribution is 4.97. The molecule has 0 fully saturated rings. The highest BCUT2D eigenvalue weighted by Gasteiger charge is 1.97. The van der Waals surface area contributed by atoms with Crippen molar-refractivity contribution in [3.05, 3.63) is 42.2 Å². The van der Waals surface area contributed by atoms with Crippen LogP contribution in [0.2, 0.25) is 0 Å². The number of aryl methyl sites for hydroxylation is 1. The minimum atomic E-state index is 0.634. The molecule has 0 aromatic carbocycles. The summed E-state index contributed by atoms with van der Waals surface area (Å²) < 4.78 is 1.82. The van der Waals surface area contributed by atoms with Crippen LogP contribution in [-0.4, -0.2) is 19.7 Å². The maximum atomic E-state index is 4.24. The first-order valence-electron chi connectivity index (χ1n) is 4.10. The molecule has 0 saturated carbocycles. The molecule has 0 atom stereocenters. The van der Waals surface area contributed by atoms with E-state index in [1.807, 2.05) is 23.9 Å². The fourth-order valence-electron chi connectivity index (χ4n) is 1.11. The lowest BCUT2D eigenvalue weighted by Gasteiger charge is -1.98. The Morgan fingerprint density at radius 2 is 2.08 bits per heavy atom. The zero-order valence-electron chi connectivity index (χ0n) is 7.38. The van der Waals surface area contributed by atoms with Crippen LogP contribution in [0.4, 0.5) is 0 Å². The van der Waals surface area contributed by atoms with E-state index in [1.54, 1.807) is 18.5 Å². The molecule has 2 rings (SSSR count). The molecule has 0 aliphatic carbocycles. The molecule has 0 aliphatic heterocycles. The Morgan fingerprint density at radius 1 is 1.31 bits per heavy atom. The molecule has 2 aromatic rings. The van der Waals surface area contributed by atoms with Gasteiger partial charge in [0.05, 0.1) is 5.69 Å². The second-order valence-corrected chi connectivity index (χ2v) is 2.82. The van der Waals surface area contributed by atoms with E-state index < -0.39 is 0 Å². The van der Waals surface area contributed by atoms with Crippen molar-refractivity contribution in [2.75, 3.05) is 0 Å². The van der Waals surface area contributed by atoms with Gasteiger partial charge in [-0.2, -0.15) is 5.10 Å². The van der Waals surface area contributed by atoms with Gasteiger partial charge in [-0.3, -0.25) is 4.68 Å². The number of hydrogen-bond acceptors (Lipinski definition) is 3. The van der Waals surface area contributed by atoms with Crippen LogP contribution in [0, 0.1) is 6.92 Å². The summed E-state index contributed by atoms with van der Waals surface area (Å²) in [6.45, 7) is 2.59. The van der Waals surface area contributed by atoms with Crippen molar-refractivity contribution in [1.29, 1.82) is 0 Å². The van der Waals surface area contributed by atoms with Gasteiger partial charge < -0.3 is 0 Å². The quantitative estimate of drug-likeness (QED) is 0.683. The topological polar surface area (TPSA) is 43.6 Å². The van der Waals surface area contributed by atoms with Gasteiger partial charge in [-0.1, -0.05) is 0 Å². The highest BCUT2D eigenvalue weighted by Crippen LogP contribution is 1.96. The lowest BCUT2D eigenvalue weighted by Crippen LogP contribution is -2.04. The van der Waals surface area contributed by atoms with Crippen molar-refractivity contribution < 1.29 is 0 Å². The Morgan fingerprint density at radius 3 is 2.69 bits per heavy atom. The van der Waals surface area contributed by atoms with Crippen molar-refractivity contribution >= 4 is 0 Å². The van der Waals surface area contributed by atoms with Crippen LogP contribution in [-0.2, 0) is 6.54 Å². The van der Waals surface area contributed by atoms with Gasteiger partial charge in [-0.05, 0) is 19.1 Å². The third kappa shape index (κ3) is 1.90. The molecule has 66 valence electrons. The molecule has 0 radical (unpaired) electrons. The van der Waals surface area contributed by atoms with Crippen LogP contribution < -0.4 is 0 Å². The van der Waals surface area contributed by atoms with Gasteiger partial charge >= 0.3 is 0 Å². The molecule has 2 aromatic heterocycles. The molecule has 4 nitrogen and oxygen atoms in total. The summed E-state index contributed by atoms with van der Waals surface area (Å²) in [5.74, 6) is 0.783. The highest BCUT2D eigenvalue weighted by atomic mass is 15.3. The lowest BCUT2D eigenvalue weighted by molar-refractivity contribution is 0.649. The summed E-state index contributed by atoms with van der Waals surface area (Å²) in [4.78, 5) is 8.22. The van der Waals surface area contributed by atoms with Crippen molar-refractivity contribution in [2.45, 2.75) is 13.5 Å². The Balaban J connectivity index is 2.15. The predicted molar refractivity (Wildman–Crippen MR) is 48.1 cm³/mol. The van der Waals surface area contributed by atoms with Crippen LogP contribution in [0.15, 0.2) is 30.7 Å². The molecule has 0 N–H and O–H groups in total. The van der Waals surface area contributed by atoms with Crippen LogP contribution in [0.25, 0.3) is 0 Å². The molecule has 0 unspecified atom stereocenters. The van der Waals surface area contributed by atoms with E-state index in [0.717, 1.165) is 11.5 Å². The average molecular weight is 174 g/mol. The molecule has 0 aliphatic rings. The largest absolute Gasteiger partial charge is 0.265 e. The second kappa shape index (κ2) is 3.35. The summed E-state index contributed by atoms with van der Waals surface area (Å²) >= 11 is 0. The first kappa shape index (κ1) is 7.91. The SMILES string of the molecule is Cc1ccn(Cc2ncccn2)n1. The Hall–Kier alpha value is -1.71. The van der Waals surface area contributed by atoms with Crippen molar-refractivity contribution in [3.63, 3.8) is 0 Å². The first-order chi connectivity index (χ1) is 6.34. The standard InChI is InChI=1S/C9H10N4/c1-8-3-6-13(12-8)7-9-10-4-2-5-11-9/h2-6H,7H2,1H3.